The Morgan fingerprint density at radius 2 is 1.95 bits per heavy atom. The van der Waals surface area contributed by atoms with Crippen molar-refractivity contribution in [3.63, 3.8) is 0 Å². The molecular weight excluding hydrogens is 284 g/mol. The number of anilines is 2. The van der Waals surface area contributed by atoms with Crippen molar-refractivity contribution in [3.8, 4) is 0 Å². The molecule has 0 atom stereocenters. The maximum Gasteiger partial charge on any atom is 0.224 e. The van der Waals surface area contributed by atoms with Crippen LogP contribution in [-0.2, 0) is 6.54 Å². The van der Waals surface area contributed by atoms with Crippen LogP contribution in [0.15, 0.2) is 36.5 Å². The highest BCUT2D eigenvalue weighted by atomic mass is 35.5. The number of rotatable bonds is 6. The summed E-state index contributed by atoms with van der Waals surface area (Å²) in [4.78, 5) is 10.9. The molecule has 0 fully saturated rings. The molecule has 21 heavy (non-hydrogen) atoms. The molecule has 112 valence electrons. The maximum absolute atomic E-state index is 6.31. The normalized spacial score (nSPS) is 10.7. The van der Waals surface area contributed by atoms with E-state index in [2.05, 4.69) is 46.2 Å². The number of benzene rings is 1. The fraction of sp³-hybridized carbons (Fsp3) is 0.375. The molecule has 0 aliphatic carbocycles. The fourth-order valence-corrected chi connectivity index (χ4v) is 2.28. The van der Waals surface area contributed by atoms with Gasteiger partial charge in [-0.15, -0.1) is 0 Å². The molecule has 4 nitrogen and oxygen atoms in total. The summed E-state index contributed by atoms with van der Waals surface area (Å²) < 4.78 is 0. The zero-order valence-corrected chi connectivity index (χ0v) is 13.4. The number of nitrogens with one attached hydrogen (secondary N) is 1. The largest absolute Gasteiger partial charge is 0.354 e. The van der Waals surface area contributed by atoms with Gasteiger partial charge in [0.25, 0.3) is 0 Å². The molecule has 2 rings (SSSR count). The molecule has 0 spiro atoms. The summed E-state index contributed by atoms with van der Waals surface area (Å²) in [7, 11) is 0. The second-order valence-electron chi connectivity index (χ2n) is 5.10. The molecule has 0 aliphatic rings. The van der Waals surface area contributed by atoms with Crippen LogP contribution < -0.4 is 10.2 Å². The third kappa shape index (κ3) is 4.08. The molecule has 5 heteroatoms. The summed E-state index contributed by atoms with van der Waals surface area (Å²) in [5, 5.41) is 3.70. The van der Waals surface area contributed by atoms with Gasteiger partial charge < -0.3 is 10.2 Å². The minimum atomic E-state index is 0.284. The Morgan fingerprint density at radius 1 is 1.24 bits per heavy atom. The van der Waals surface area contributed by atoms with Crippen LogP contribution in [0.3, 0.4) is 0 Å². The average Bonchev–Trinajstić information content (AvgIpc) is 2.48. The summed E-state index contributed by atoms with van der Waals surface area (Å²) in [5.41, 5.74) is 1.23. The van der Waals surface area contributed by atoms with Gasteiger partial charge >= 0.3 is 0 Å². The second kappa shape index (κ2) is 7.27. The summed E-state index contributed by atoms with van der Waals surface area (Å²) >= 11 is 6.31. The summed E-state index contributed by atoms with van der Waals surface area (Å²) in [5.74, 6) is 1.37. The van der Waals surface area contributed by atoms with Gasteiger partial charge in [0.05, 0.1) is 6.20 Å². The Kier molecular flexibility index (Phi) is 5.39. The number of halogens is 1. The van der Waals surface area contributed by atoms with Crippen molar-refractivity contribution in [3.05, 3.63) is 47.1 Å². The van der Waals surface area contributed by atoms with Crippen LogP contribution in [0.25, 0.3) is 0 Å². The van der Waals surface area contributed by atoms with Gasteiger partial charge in [-0.05, 0) is 26.3 Å². The maximum atomic E-state index is 6.31. The van der Waals surface area contributed by atoms with Crippen molar-refractivity contribution in [2.45, 2.75) is 33.4 Å². The number of hydrogen-bond acceptors (Lipinski definition) is 4. The zero-order valence-electron chi connectivity index (χ0n) is 12.7. The van der Waals surface area contributed by atoms with Gasteiger partial charge in [0.1, 0.15) is 5.02 Å². The van der Waals surface area contributed by atoms with E-state index < -0.39 is 0 Å². The molecule has 1 N–H and O–H groups in total. The molecular formula is C16H21ClN4. The number of aromatic nitrogens is 2. The van der Waals surface area contributed by atoms with Gasteiger partial charge in [0.2, 0.25) is 5.95 Å². The van der Waals surface area contributed by atoms with Gasteiger partial charge in [-0.3, -0.25) is 0 Å². The van der Waals surface area contributed by atoms with Crippen molar-refractivity contribution in [1.29, 1.82) is 0 Å². The van der Waals surface area contributed by atoms with E-state index in [9.17, 15) is 0 Å². The molecule has 1 aromatic heterocycles. The minimum absolute atomic E-state index is 0.284. The van der Waals surface area contributed by atoms with Crippen LogP contribution in [-0.4, -0.2) is 22.6 Å². The molecule has 0 bridgehead atoms. The first-order valence-electron chi connectivity index (χ1n) is 7.18. The molecule has 0 saturated heterocycles. The van der Waals surface area contributed by atoms with E-state index in [1.54, 1.807) is 6.20 Å². The molecule has 0 saturated carbocycles. The summed E-state index contributed by atoms with van der Waals surface area (Å²) in [6.07, 6.45) is 1.66. The van der Waals surface area contributed by atoms with E-state index in [0.29, 0.717) is 11.0 Å². The molecule has 0 amide bonds. The van der Waals surface area contributed by atoms with E-state index in [0.717, 1.165) is 18.9 Å². The van der Waals surface area contributed by atoms with Crippen molar-refractivity contribution >= 4 is 23.4 Å². The standard InChI is InChI=1S/C16H21ClN4/c1-4-18-16-19-10-14(17)15(20-16)21(12(2)3)11-13-8-6-5-7-9-13/h5-10,12H,4,11H2,1-3H3,(H,18,19,20). The van der Waals surface area contributed by atoms with Gasteiger partial charge in [-0.2, -0.15) is 4.98 Å². The van der Waals surface area contributed by atoms with Crippen LogP contribution in [0.2, 0.25) is 5.02 Å². The van der Waals surface area contributed by atoms with Crippen molar-refractivity contribution in [2.75, 3.05) is 16.8 Å². The van der Waals surface area contributed by atoms with Gasteiger partial charge in [0, 0.05) is 19.1 Å². The Labute approximate surface area is 131 Å². The third-order valence-electron chi connectivity index (χ3n) is 3.15. The first-order chi connectivity index (χ1) is 10.1. The summed E-state index contributed by atoms with van der Waals surface area (Å²) in [6, 6.07) is 10.6. The van der Waals surface area contributed by atoms with Gasteiger partial charge in [-0.1, -0.05) is 41.9 Å². The Morgan fingerprint density at radius 3 is 2.57 bits per heavy atom. The van der Waals surface area contributed by atoms with Crippen LogP contribution in [0.5, 0.6) is 0 Å². The number of hydrogen-bond donors (Lipinski definition) is 1. The van der Waals surface area contributed by atoms with Crippen molar-refractivity contribution in [1.82, 2.24) is 9.97 Å². The predicted molar refractivity (Wildman–Crippen MR) is 89.0 cm³/mol. The van der Waals surface area contributed by atoms with Crippen LogP contribution in [0.4, 0.5) is 11.8 Å². The molecule has 1 heterocycles. The monoisotopic (exact) mass is 304 g/mol. The first-order valence-corrected chi connectivity index (χ1v) is 7.56. The van der Waals surface area contributed by atoms with Crippen LogP contribution in [0.1, 0.15) is 26.3 Å². The Balaban J connectivity index is 2.31. The molecule has 2 aromatic rings. The molecule has 0 radical (unpaired) electrons. The van der Waals surface area contributed by atoms with Gasteiger partial charge in [-0.25, -0.2) is 4.98 Å². The van der Waals surface area contributed by atoms with Crippen LogP contribution >= 0.6 is 11.6 Å². The lowest BCUT2D eigenvalue weighted by molar-refractivity contribution is 0.672. The van der Waals surface area contributed by atoms with E-state index in [-0.39, 0.29) is 6.04 Å². The third-order valence-corrected chi connectivity index (χ3v) is 3.42. The molecule has 0 aliphatic heterocycles. The van der Waals surface area contributed by atoms with Crippen molar-refractivity contribution < 1.29 is 0 Å². The van der Waals surface area contributed by atoms with E-state index >= 15 is 0 Å². The highest BCUT2D eigenvalue weighted by Gasteiger charge is 2.17. The topological polar surface area (TPSA) is 41.1 Å². The number of nitrogens with zero attached hydrogens (tertiary/aromatic N) is 3. The second-order valence-corrected chi connectivity index (χ2v) is 5.51. The Bertz CT molecular complexity index is 572. The Hall–Kier alpha value is -1.81. The lowest BCUT2D eigenvalue weighted by Gasteiger charge is -2.29. The zero-order chi connectivity index (χ0) is 15.2. The van der Waals surface area contributed by atoms with E-state index in [4.69, 9.17) is 11.6 Å². The van der Waals surface area contributed by atoms with Gasteiger partial charge in [0.15, 0.2) is 5.82 Å². The fourth-order valence-electron chi connectivity index (χ4n) is 2.08. The predicted octanol–water partition coefficient (Wildman–Crippen LogP) is 3.98. The summed E-state index contributed by atoms with van der Waals surface area (Å²) in [6.45, 7) is 7.83. The molecule has 0 unspecified atom stereocenters. The lowest BCUT2D eigenvalue weighted by Crippen LogP contribution is -2.31. The SMILES string of the molecule is CCNc1ncc(Cl)c(N(Cc2ccccc2)C(C)C)n1. The van der Waals surface area contributed by atoms with Crippen molar-refractivity contribution in [2.24, 2.45) is 0 Å². The van der Waals surface area contributed by atoms with E-state index in [1.807, 2.05) is 25.1 Å². The average molecular weight is 305 g/mol. The van der Waals surface area contributed by atoms with E-state index in [1.165, 1.54) is 5.56 Å². The highest BCUT2D eigenvalue weighted by molar-refractivity contribution is 6.32. The van der Waals surface area contributed by atoms with Crippen LogP contribution in [0, 0.1) is 0 Å². The first kappa shape index (κ1) is 15.6. The minimum Gasteiger partial charge on any atom is -0.354 e. The quantitative estimate of drug-likeness (QED) is 0.876. The smallest absolute Gasteiger partial charge is 0.224 e. The lowest BCUT2D eigenvalue weighted by atomic mass is 10.2. The highest BCUT2D eigenvalue weighted by Crippen LogP contribution is 2.27. The molecule has 1 aromatic carbocycles.